The molecule has 1 aromatic rings. The van der Waals surface area contributed by atoms with Crippen molar-refractivity contribution >= 4 is 11.6 Å². The minimum absolute atomic E-state index is 0.158. The van der Waals surface area contributed by atoms with E-state index in [2.05, 4.69) is 35.8 Å². The Morgan fingerprint density at radius 1 is 1.04 bits per heavy atom. The molecule has 0 radical (unpaired) electrons. The minimum Gasteiger partial charge on any atom is -0.393 e. The van der Waals surface area contributed by atoms with Crippen molar-refractivity contribution in [1.82, 2.24) is 4.90 Å². The number of hydrogen-bond acceptors (Lipinski definition) is 3. The Morgan fingerprint density at radius 3 is 2.33 bits per heavy atom. The van der Waals surface area contributed by atoms with Crippen molar-refractivity contribution in [3.8, 4) is 0 Å². The van der Waals surface area contributed by atoms with Gasteiger partial charge in [-0.25, -0.2) is 0 Å². The largest absolute Gasteiger partial charge is 0.393 e. The molecule has 3 rings (SSSR count). The van der Waals surface area contributed by atoms with Gasteiger partial charge in [0.15, 0.2) is 0 Å². The van der Waals surface area contributed by atoms with Crippen LogP contribution in [0, 0.1) is 5.92 Å². The van der Waals surface area contributed by atoms with Crippen LogP contribution in [0.4, 0.5) is 5.69 Å². The van der Waals surface area contributed by atoms with Gasteiger partial charge >= 0.3 is 0 Å². The van der Waals surface area contributed by atoms with Crippen LogP contribution < -0.4 is 4.90 Å². The fourth-order valence-electron chi connectivity index (χ4n) is 4.01. The first-order chi connectivity index (χ1) is 11.6. The molecule has 2 aliphatic heterocycles. The molecule has 1 unspecified atom stereocenters. The number of likely N-dealkylation sites (tertiary alicyclic amines) is 1. The maximum atomic E-state index is 12.9. The second-order valence-electron chi connectivity index (χ2n) is 7.57. The number of carbonyl (C=O) groups excluding carboxylic acids is 1. The summed E-state index contributed by atoms with van der Waals surface area (Å²) in [5.41, 5.74) is 1.95. The van der Waals surface area contributed by atoms with E-state index in [0.717, 1.165) is 56.6 Å². The smallest absolute Gasteiger partial charge is 0.254 e. The Labute approximate surface area is 145 Å². The number of benzene rings is 1. The highest BCUT2D eigenvalue weighted by Gasteiger charge is 2.29. The van der Waals surface area contributed by atoms with Gasteiger partial charge < -0.3 is 14.9 Å². The van der Waals surface area contributed by atoms with E-state index in [1.807, 2.05) is 12.1 Å². The second kappa shape index (κ2) is 7.56. The van der Waals surface area contributed by atoms with Crippen molar-refractivity contribution in [3.63, 3.8) is 0 Å². The van der Waals surface area contributed by atoms with Gasteiger partial charge in [0.1, 0.15) is 0 Å². The highest BCUT2D eigenvalue weighted by atomic mass is 16.3. The highest BCUT2D eigenvalue weighted by molar-refractivity contribution is 5.94. The number of aliphatic hydroxyl groups excluding tert-OH is 1. The molecule has 4 nitrogen and oxygen atoms in total. The first-order valence-electron chi connectivity index (χ1n) is 9.40. The molecule has 24 heavy (non-hydrogen) atoms. The molecule has 2 fully saturated rings. The average molecular weight is 330 g/mol. The van der Waals surface area contributed by atoms with E-state index in [9.17, 15) is 9.90 Å². The Bertz CT molecular complexity index is 547. The molecule has 0 spiro atoms. The van der Waals surface area contributed by atoms with Gasteiger partial charge in [-0.15, -0.1) is 0 Å². The lowest BCUT2D eigenvalue weighted by molar-refractivity contribution is 0.0543. The summed E-state index contributed by atoms with van der Waals surface area (Å²) in [6, 6.07) is 8.41. The van der Waals surface area contributed by atoms with Crippen LogP contribution in [0.1, 0.15) is 56.3 Å². The van der Waals surface area contributed by atoms with Crippen molar-refractivity contribution in [2.45, 2.75) is 58.1 Å². The summed E-state index contributed by atoms with van der Waals surface area (Å²) < 4.78 is 0. The van der Waals surface area contributed by atoms with Gasteiger partial charge in [0, 0.05) is 36.9 Å². The zero-order valence-corrected chi connectivity index (χ0v) is 14.9. The van der Waals surface area contributed by atoms with Gasteiger partial charge in [-0.2, -0.15) is 0 Å². The van der Waals surface area contributed by atoms with Crippen LogP contribution in [-0.2, 0) is 0 Å². The number of piperidine rings is 2. The zero-order chi connectivity index (χ0) is 17.1. The van der Waals surface area contributed by atoms with Crippen molar-refractivity contribution in [2.75, 3.05) is 24.5 Å². The third kappa shape index (κ3) is 3.75. The number of carbonyl (C=O) groups is 1. The van der Waals surface area contributed by atoms with Crippen LogP contribution in [0.25, 0.3) is 0 Å². The second-order valence-corrected chi connectivity index (χ2v) is 7.57. The highest BCUT2D eigenvalue weighted by Crippen LogP contribution is 2.26. The molecule has 2 heterocycles. The average Bonchev–Trinajstić information content (AvgIpc) is 2.62. The molecule has 1 aromatic carbocycles. The molecule has 1 amide bonds. The molecule has 4 heteroatoms. The van der Waals surface area contributed by atoms with Gasteiger partial charge in [-0.1, -0.05) is 13.8 Å². The SMILES string of the molecule is CC(C)C1CCCCN1C(=O)c1ccc(N2CCC(O)CC2)cc1. The Balaban J connectivity index is 1.69. The van der Waals surface area contributed by atoms with Gasteiger partial charge in [0.25, 0.3) is 5.91 Å². The van der Waals surface area contributed by atoms with Crippen LogP contribution in [0.3, 0.4) is 0 Å². The van der Waals surface area contributed by atoms with Crippen LogP contribution in [0.15, 0.2) is 24.3 Å². The fraction of sp³-hybridized carbons (Fsp3) is 0.650. The summed E-state index contributed by atoms with van der Waals surface area (Å²) >= 11 is 0. The molecule has 0 saturated carbocycles. The Hall–Kier alpha value is -1.55. The van der Waals surface area contributed by atoms with Crippen molar-refractivity contribution in [2.24, 2.45) is 5.92 Å². The quantitative estimate of drug-likeness (QED) is 0.925. The summed E-state index contributed by atoms with van der Waals surface area (Å²) in [5.74, 6) is 0.683. The third-order valence-electron chi connectivity index (χ3n) is 5.52. The molecule has 0 aliphatic carbocycles. The van der Waals surface area contributed by atoms with Crippen molar-refractivity contribution in [3.05, 3.63) is 29.8 Å². The fourth-order valence-corrected chi connectivity index (χ4v) is 4.01. The third-order valence-corrected chi connectivity index (χ3v) is 5.52. The van der Waals surface area contributed by atoms with Crippen molar-refractivity contribution in [1.29, 1.82) is 0 Å². The molecule has 0 aromatic heterocycles. The topological polar surface area (TPSA) is 43.8 Å². The lowest BCUT2D eigenvalue weighted by atomic mass is 9.92. The number of anilines is 1. The molecule has 0 bridgehead atoms. The van der Waals surface area contributed by atoms with E-state index in [4.69, 9.17) is 0 Å². The van der Waals surface area contributed by atoms with E-state index in [-0.39, 0.29) is 12.0 Å². The first-order valence-corrected chi connectivity index (χ1v) is 9.40. The maximum absolute atomic E-state index is 12.9. The van der Waals surface area contributed by atoms with Gasteiger partial charge in [-0.3, -0.25) is 4.79 Å². The van der Waals surface area contributed by atoms with Crippen LogP contribution >= 0.6 is 0 Å². The molecule has 132 valence electrons. The lowest BCUT2D eigenvalue weighted by Gasteiger charge is -2.38. The zero-order valence-electron chi connectivity index (χ0n) is 14.9. The van der Waals surface area contributed by atoms with E-state index >= 15 is 0 Å². The van der Waals surface area contributed by atoms with Crippen LogP contribution in [-0.4, -0.2) is 47.7 Å². The molecular weight excluding hydrogens is 300 g/mol. The number of nitrogens with zero attached hydrogens (tertiary/aromatic N) is 2. The van der Waals surface area contributed by atoms with E-state index in [0.29, 0.717) is 12.0 Å². The van der Waals surface area contributed by atoms with E-state index in [1.165, 1.54) is 6.42 Å². The number of rotatable bonds is 3. The molecule has 1 atom stereocenters. The van der Waals surface area contributed by atoms with Crippen molar-refractivity contribution < 1.29 is 9.90 Å². The first kappa shape index (κ1) is 17.3. The summed E-state index contributed by atoms with van der Waals surface area (Å²) in [6.45, 7) is 7.08. The summed E-state index contributed by atoms with van der Waals surface area (Å²) in [5, 5.41) is 9.63. The molecule has 1 N–H and O–H groups in total. The maximum Gasteiger partial charge on any atom is 0.254 e. The Kier molecular flexibility index (Phi) is 5.44. The summed E-state index contributed by atoms with van der Waals surface area (Å²) in [7, 11) is 0. The van der Waals surface area contributed by atoms with E-state index < -0.39 is 0 Å². The monoisotopic (exact) mass is 330 g/mol. The molecular formula is C20H30N2O2. The van der Waals surface area contributed by atoms with Gasteiger partial charge in [0.05, 0.1) is 6.10 Å². The molecule has 2 saturated heterocycles. The normalized spacial score (nSPS) is 22.9. The number of aliphatic hydroxyl groups is 1. The van der Waals surface area contributed by atoms with Crippen LogP contribution in [0.5, 0.6) is 0 Å². The number of hydrogen-bond donors (Lipinski definition) is 1. The van der Waals surface area contributed by atoms with E-state index in [1.54, 1.807) is 0 Å². The predicted octanol–water partition coefficient (Wildman–Crippen LogP) is 3.30. The molecule has 2 aliphatic rings. The van der Waals surface area contributed by atoms with Crippen LogP contribution in [0.2, 0.25) is 0 Å². The van der Waals surface area contributed by atoms with Gasteiger partial charge in [-0.05, 0) is 62.3 Å². The standard InChI is InChI=1S/C20H30N2O2/c1-15(2)19-5-3-4-12-22(19)20(24)16-6-8-17(9-7-16)21-13-10-18(23)11-14-21/h6-9,15,18-19,23H,3-5,10-14H2,1-2H3. The minimum atomic E-state index is -0.158. The predicted molar refractivity (Wildman–Crippen MR) is 97.4 cm³/mol. The summed E-state index contributed by atoms with van der Waals surface area (Å²) in [4.78, 5) is 17.3. The van der Waals surface area contributed by atoms with Gasteiger partial charge in [0.2, 0.25) is 0 Å². The lowest BCUT2D eigenvalue weighted by Crippen LogP contribution is -2.46. The Morgan fingerprint density at radius 2 is 1.71 bits per heavy atom. The number of amides is 1. The summed E-state index contributed by atoms with van der Waals surface area (Å²) in [6.07, 6.45) is 4.96.